The Balaban J connectivity index is 1.85. The van der Waals surface area contributed by atoms with Crippen LogP contribution in [0.2, 0.25) is 0 Å². The molecule has 0 aliphatic heterocycles. The van der Waals surface area contributed by atoms with Crippen LogP contribution in [0.1, 0.15) is 54.7 Å². The zero-order chi connectivity index (χ0) is 13.5. The number of benzene rings is 2. The predicted molar refractivity (Wildman–Crippen MR) is 88.2 cm³/mol. The van der Waals surface area contributed by atoms with Crippen molar-refractivity contribution in [2.75, 3.05) is 0 Å². The van der Waals surface area contributed by atoms with Crippen molar-refractivity contribution in [2.24, 2.45) is 0 Å². The molecule has 0 amide bonds. The average Bonchev–Trinajstić information content (AvgIpc) is 2.86. The van der Waals surface area contributed by atoms with E-state index < -0.39 is 0 Å². The summed E-state index contributed by atoms with van der Waals surface area (Å²) in [6, 6.07) is 13.5. The molecule has 0 unspecified atom stereocenters. The molecular formula is C19H19Br. The monoisotopic (exact) mass is 326 g/mol. The molecule has 1 fully saturated rings. The van der Waals surface area contributed by atoms with Crippen molar-refractivity contribution in [1.29, 1.82) is 0 Å². The second kappa shape index (κ2) is 5.04. The maximum atomic E-state index is 3.83. The Morgan fingerprint density at radius 2 is 1.65 bits per heavy atom. The van der Waals surface area contributed by atoms with Gasteiger partial charge in [0.2, 0.25) is 0 Å². The number of hydrogen-bond donors (Lipinski definition) is 0. The van der Waals surface area contributed by atoms with Crippen LogP contribution in [0.15, 0.2) is 40.9 Å². The van der Waals surface area contributed by atoms with Crippen LogP contribution < -0.4 is 0 Å². The molecule has 1 saturated carbocycles. The summed E-state index contributed by atoms with van der Waals surface area (Å²) in [7, 11) is 0. The molecule has 1 heteroatoms. The van der Waals surface area contributed by atoms with Gasteiger partial charge in [-0.25, -0.2) is 0 Å². The first kappa shape index (κ1) is 12.6. The van der Waals surface area contributed by atoms with Gasteiger partial charge in [-0.05, 0) is 59.1 Å². The molecule has 0 N–H and O–H groups in total. The number of fused-ring (bicyclic) bond motifs is 3. The Morgan fingerprint density at radius 3 is 2.50 bits per heavy atom. The highest BCUT2D eigenvalue weighted by Gasteiger charge is 2.27. The first-order chi connectivity index (χ1) is 9.84. The molecule has 0 bridgehead atoms. The SMILES string of the molecule is Brc1ccc2c(c1C1CCCCC1)Cc1ccccc1-2. The number of halogens is 1. The third-order valence-corrected chi connectivity index (χ3v) is 5.68. The van der Waals surface area contributed by atoms with E-state index in [1.165, 1.54) is 53.3 Å². The maximum Gasteiger partial charge on any atom is 0.0213 e. The summed E-state index contributed by atoms with van der Waals surface area (Å²) in [5, 5.41) is 0. The maximum absolute atomic E-state index is 3.83. The smallest absolute Gasteiger partial charge is 0.0213 e. The minimum absolute atomic E-state index is 0.766. The van der Waals surface area contributed by atoms with Gasteiger partial charge in [-0.2, -0.15) is 0 Å². The summed E-state index contributed by atoms with van der Waals surface area (Å²) in [6.45, 7) is 0. The highest BCUT2D eigenvalue weighted by molar-refractivity contribution is 9.10. The summed E-state index contributed by atoms with van der Waals surface area (Å²) in [5.41, 5.74) is 7.62. The van der Waals surface area contributed by atoms with Crippen molar-refractivity contribution in [2.45, 2.75) is 44.4 Å². The Labute approximate surface area is 129 Å². The normalized spacial score (nSPS) is 17.9. The summed E-state index contributed by atoms with van der Waals surface area (Å²) in [4.78, 5) is 0. The Bertz CT molecular complexity index is 651. The van der Waals surface area contributed by atoms with Crippen molar-refractivity contribution in [1.82, 2.24) is 0 Å². The van der Waals surface area contributed by atoms with Crippen LogP contribution in [-0.2, 0) is 6.42 Å². The van der Waals surface area contributed by atoms with Gasteiger partial charge < -0.3 is 0 Å². The third-order valence-electron chi connectivity index (χ3n) is 4.99. The zero-order valence-corrected chi connectivity index (χ0v) is 13.2. The van der Waals surface area contributed by atoms with Crippen LogP contribution >= 0.6 is 15.9 Å². The molecule has 2 aliphatic carbocycles. The van der Waals surface area contributed by atoms with Crippen molar-refractivity contribution >= 4 is 15.9 Å². The van der Waals surface area contributed by atoms with E-state index >= 15 is 0 Å². The molecule has 0 nitrogen and oxygen atoms in total. The molecule has 2 aromatic carbocycles. The van der Waals surface area contributed by atoms with Crippen LogP contribution in [0.25, 0.3) is 11.1 Å². The molecular weight excluding hydrogens is 308 g/mol. The number of hydrogen-bond acceptors (Lipinski definition) is 0. The molecule has 2 aliphatic rings. The average molecular weight is 327 g/mol. The lowest BCUT2D eigenvalue weighted by Gasteiger charge is -2.25. The third kappa shape index (κ3) is 1.95. The van der Waals surface area contributed by atoms with Gasteiger partial charge in [0.1, 0.15) is 0 Å². The largest absolute Gasteiger partial charge is 0.0619 e. The first-order valence-corrected chi connectivity index (χ1v) is 8.53. The molecule has 0 aromatic heterocycles. The lowest BCUT2D eigenvalue weighted by molar-refractivity contribution is 0.441. The minimum Gasteiger partial charge on any atom is -0.0619 e. The van der Waals surface area contributed by atoms with E-state index in [0.29, 0.717) is 0 Å². The molecule has 0 radical (unpaired) electrons. The Morgan fingerprint density at radius 1 is 0.850 bits per heavy atom. The minimum atomic E-state index is 0.766. The van der Waals surface area contributed by atoms with Crippen LogP contribution in [-0.4, -0.2) is 0 Å². The molecule has 4 rings (SSSR count). The van der Waals surface area contributed by atoms with Gasteiger partial charge >= 0.3 is 0 Å². The van der Waals surface area contributed by atoms with E-state index in [4.69, 9.17) is 0 Å². The highest BCUT2D eigenvalue weighted by atomic mass is 79.9. The summed E-state index contributed by atoms with van der Waals surface area (Å²) < 4.78 is 1.33. The fourth-order valence-corrected chi connectivity index (χ4v) is 4.73. The van der Waals surface area contributed by atoms with E-state index in [-0.39, 0.29) is 0 Å². The predicted octanol–water partition coefficient (Wildman–Crippen LogP) is 6.07. The van der Waals surface area contributed by atoms with Gasteiger partial charge in [0.15, 0.2) is 0 Å². The van der Waals surface area contributed by atoms with E-state index in [2.05, 4.69) is 52.3 Å². The van der Waals surface area contributed by atoms with Crippen molar-refractivity contribution in [3.05, 3.63) is 57.6 Å². The van der Waals surface area contributed by atoms with Crippen LogP contribution in [0.4, 0.5) is 0 Å². The summed E-state index contributed by atoms with van der Waals surface area (Å²) in [6.07, 6.45) is 8.07. The fourth-order valence-electron chi connectivity index (χ4n) is 4.04. The topological polar surface area (TPSA) is 0 Å². The van der Waals surface area contributed by atoms with Crippen LogP contribution in [0.3, 0.4) is 0 Å². The van der Waals surface area contributed by atoms with E-state index in [0.717, 1.165) is 12.3 Å². The molecule has 0 saturated heterocycles. The van der Waals surface area contributed by atoms with Crippen LogP contribution in [0.5, 0.6) is 0 Å². The molecule has 0 heterocycles. The highest BCUT2D eigenvalue weighted by Crippen LogP contribution is 2.46. The molecule has 2 aromatic rings. The lowest BCUT2D eigenvalue weighted by atomic mass is 9.81. The van der Waals surface area contributed by atoms with Gasteiger partial charge in [-0.1, -0.05) is 65.5 Å². The second-order valence-corrected chi connectivity index (χ2v) is 7.01. The van der Waals surface area contributed by atoms with E-state index in [1.807, 2.05) is 0 Å². The van der Waals surface area contributed by atoms with Gasteiger partial charge in [0.25, 0.3) is 0 Å². The van der Waals surface area contributed by atoms with Crippen molar-refractivity contribution in [3.8, 4) is 11.1 Å². The standard InChI is InChI=1S/C19H19Br/c20-18-11-10-16-15-9-5-4-8-14(15)12-17(16)19(18)13-6-2-1-3-7-13/h4-5,8-11,13H,1-3,6-7,12H2. The van der Waals surface area contributed by atoms with Gasteiger partial charge in [0.05, 0.1) is 0 Å². The van der Waals surface area contributed by atoms with Crippen molar-refractivity contribution < 1.29 is 0 Å². The van der Waals surface area contributed by atoms with Crippen molar-refractivity contribution in [3.63, 3.8) is 0 Å². The van der Waals surface area contributed by atoms with E-state index in [9.17, 15) is 0 Å². The van der Waals surface area contributed by atoms with E-state index in [1.54, 1.807) is 11.1 Å². The summed E-state index contributed by atoms with van der Waals surface area (Å²) >= 11 is 3.83. The number of rotatable bonds is 1. The fraction of sp³-hybridized carbons (Fsp3) is 0.368. The Kier molecular flexibility index (Phi) is 3.18. The second-order valence-electron chi connectivity index (χ2n) is 6.16. The lowest BCUT2D eigenvalue weighted by Crippen LogP contribution is -2.08. The Hall–Kier alpha value is -1.08. The first-order valence-electron chi connectivity index (χ1n) is 7.74. The molecule has 102 valence electrons. The van der Waals surface area contributed by atoms with Crippen LogP contribution in [0, 0.1) is 0 Å². The molecule has 0 atom stereocenters. The zero-order valence-electron chi connectivity index (χ0n) is 11.7. The quantitative estimate of drug-likeness (QED) is 0.509. The van der Waals surface area contributed by atoms with Gasteiger partial charge in [0, 0.05) is 4.47 Å². The van der Waals surface area contributed by atoms with Gasteiger partial charge in [-0.15, -0.1) is 0 Å². The van der Waals surface area contributed by atoms with Gasteiger partial charge in [-0.3, -0.25) is 0 Å². The summed E-state index contributed by atoms with van der Waals surface area (Å²) in [5.74, 6) is 0.766. The molecule has 0 spiro atoms. The molecule has 20 heavy (non-hydrogen) atoms.